The molecule has 1 fully saturated rings. The number of aromatic amines is 1. The molecule has 0 bridgehead atoms. The highest BCUT2D eigenvalue weighted by molar-refractivity contribution is 6.00. The first-order valence-electron chi connectivity index (χ1n) is 11.2. The summed E-state index contributed by atoms with van der Waals surface area (Å²) in [5.41, 5.74) is 8.60. The Morgan fingerprint density at radius 3 is 2.57 bits per heavy atom. The molecule has 4 aromatic rings. The normalized spacial score (nSPS) is 14.1. The van der Waals surface area contributed by atoms with Crippen LogP contribution >= 0.6 is 0 Å². The van der Waals surface area contributed by atoms with Crippen LogP contribution in [0.5, 0.6) is 5.75 Å². The van der Waals surface area contributed by atoms with Gasteiger partial charge in [0.05, 0.1) is 30.0 Å². The fourth-order valence-electron chi connectivity index (χ4n) is 4.05. The average molecular weight is 473 g/mol. The molecule has 1 aliphatic rings. The smallest absolute Gasteiger partial charge is 0.292 e. The number of aromatic nitrogens is 4. The van der Waals surface area contributed by atoms with E-state index in [2.05, 4.69) is 27.2 Å². The molecule has 178 valence electrons. The second-order valence-corrected chi connectivity index (χ2v) is 8.12. The van der Waals surface area contributed by atoms with Crippen LogP contribution in [0.3, 0.4) is 0 Å². The summed E-state index contributed by atoms with van der Waals surface area (Å²) in [6, 6.07) is 14.6. The zero-order valence-electron chi connectivity index (χ0n) is 18.9. The monoisotopic (exact) mass is 472 g/mol. The highest BCUT2D eigenvalue weighted by atomic mass is 16.5. The number of amides is 1. The zero-order chi connectivity index (χ0) is 24.4. The second kappa shape index (κ2) is 9.43. The maximum absolute atomic E-state index is 12.5. The lowest BCUT2D eigenvalue weighted by molar-refractivity contribution is -0.111. The predicted molar refractivity (Wildman–Crippen MR) is 133 cm³/mol. The SMILES string of the molecule is C=CC(=O)Nc1ccc(-n2nc3c(=O)[nH]nc(N)c3c2-c2ccc(OC3CCOCC3)cc2)cc1. The zero-order valence-corrected chi connectivity index (χ0v) is 18.9. The van der Waals surface area contributed by atoms with Crippen LogP contribution in [0.2, 0.25) is 0 Å². The molecule has 0 aliphatic carbocycles. The van der Waals surface area contributed by atoms with Gasteiger partial charge in [-0.3, -0.25) is 9.59 Å². The first-order valence-corrected chi connectivity index (χ1v) is 11.2. The molecule has 1 amide bonds. The number of hydrogen-bond donors (Lipinski definition) is 3. The molecule has 1 aliphatic heterocycles. The topological polar surface area (TPSA) is 137 Å². The lowest BCUT2D eigenvalue weighted by Crippen LogP contribution is -2.25. The largest absolute Gasteiger partial charge is 0.490 e. The standard InChI is InChI=1S/C25H24N6O4/c1-2-20(32)27-16-5-7-17(8-6-16)31-23(21-22(30-31)25(33)29-28-24(21)26)15-3-9-18(10-4-15)35-19-11-13-34-14-12-19/h2-10,19H,1,11-14H2,(H2,26,28)(H,27,32)(H,29,33). The average Bonchev–Trinajstić information content (AvgIpc) is 3.30. The van der Waals surface area contributed by atoms with Crippen LogP contribution < -0.4 is 21.3 Å². The molecular weight excluding hydrogens is 448 g/mol. The van der Waals surface area contributed by atoms with Gasteiger partial charge in [0.15, 0.2) is 11.3 Å². The van der Waals surface area contributed by atoms with Gasteiger partial charge in [0, 0.05) is 24.1 Å². The summed E-state index contributed by atoms with van der Waals surface area (Å²) >= 11 is 0. The summed E-state index contributed by atoms with van der Waals surface area (Å²) in [5.74, 6) is 0.609. The van der Waals surface area contributed by atoms with E-state index in [0.717, 1.165) is 24.2 Å². The molecule has 3 heterocycles. The van der Waals surface area contributed by atoms with Gasteiger partial charge in [0.2, 0.25) is 5.91 Å². The number of carbonyl (C=O) groups is 1. The molecule has 2 aromatic carbocycles. The summed E-state index contributed by atoms with van der Waals surface area (Å²) in [7, 11) is 0. The fourth-order valence-corrected chi connectivity index (χ4v) is 4.05. The van der Waals surface area contributed by atoms with E-state index in [1.807, 2.05) is 24.3 Å². The van der Waals surface area contributed by atoms with E-state index in [9.17, 15) is 9.59 Å². The molecule has 0 spiro atoms. The van der Waals surface area contributed by atoms with Crippen molar-refractivity contribution in [2.45, 2.75) is 18.9 Å². The van der Waals surface area contributed by atoms with Gasteiger partial charge in [0.25, 0.3) is 5.56 Å². The van der Waals surface area contributed by atoms with Crippen molar-refractivity contribution in [1.29, 1.82) is 0 Å². The van der Waals surface area contributed by atoms with E-state index in [1.54, 1.807) is 28.9 Å². The summed E-state index contributed by atoms with van der Waals surface area (Å²) in [6.45, 7) is 4.85. The number of rotatable bonds is 6. The van der Waals surface area contributed by atoms with Gasteiger partial charge in [0.1, 0.15) is 11.9 Å². The Morgan fingerprint density at radius 2 is 1.89 bits per heavy atom. The van der Waals surface area contributed by atoms with Gasteiger partial charge in [-0.25, -0.2) is 9.78 Å². The fraction of sp³-hybridized carbons (Fsp3) is 0.200. The van der Waals surface area contributed by atoms with Crippen LogP contribution in [0.1, 0.15) is 12.8 Å². The second-order valence-electron chi connectivity index (χ2n) is 8.12. The number of benzene rings is 2. The molecule has 0 atom stereocenters. The molecule has 1 saturated heterocycles. The Hall–Kier alpha value is -4.44. The van der Waals surface area contributed by atoms with E-state index in [1.165, 1.54) is 6.08 Å². The molecule has 2 aromatic heterocycles. The number of H-pyrrole nitrogens is 1. The van der Waals surface area contributed by atoms with Gasteiger partial charge in [-0.2, -0.15) is 10.2 Å². The van der Waals surface area contributed by atoms with Crippen molar-refractivity contribution in [3.05, 3.63) is 71.5 Å². The van der Waals surface area contributed by atoms with E-state index in [0.29, 0.717) is 35.7 Å². The van der Waals surface area contributed by atoms with Gasteiger partial charge in [-0.15, -0.1) is 0 Å². The van der Waals surface area contributed by atoms with E-state index in [-0.39, 0.29) is 23.3 Å². The van der Waals surface area contributed by atoms with Gasteiger partial charge in [-0.05, 0) is 54.6 Å². The molecule has 0 unspecified atom stereocenters. The van der Waals surface area contributed by atoms with Crippen LogP contribution in [0, 0.1) is 0 Å². The molecule has 0 radical (unpaired) electrons. The molecule has 4 N–H and O–H groups in total. The van der Waals surface area contributed by atoms with Gasteiger partial charge < -0.3 is 20.5 Å². The number of nitrogens with two attached hydrogens (primary N) is 1. The van der Waals surface area contributed by atoms with Crippen molar-refractivity contribution in [1.82, 2.24) is 20.0 Å². The molecule has 5 rings (SSSR count). The van der Waals surface area contributed by atoms with Crippen molar-refractivity contribution in [3.63, 3.8) is 0 Å². The minimum Gasteiger partial charge on any atom is -0.490 e. The number of nitrogens with one attached hydrogen (secondary N) is 2. The maximum Gasteiger partial charge on any atom is 0.292 e. The Morgan fingerprint density at radius 1 is 1.17 bits per heavy atom. The molecule has 10 nitrogen and oxygen atoms in total. The Bertz CT molecular complexity index is 1430. The van der Waals surface area contributed by atoms with E-state index < -0.39 is 5.56 Å². The van der Waals surface area contributed by atoms with Crippen molar-refractivity contribution in [2.24, 2.45) is 0 Å². The number of nitrogen functional groups attached to an aromatic ring is 1. The lowest BCUT2D eigenvalue weighted by atomic mass is 10.1. The third-order valence-electron chi connectivity index (χ3n) is 5.80. The van der Waals surface area contributed by atoms with Crippen molar-refractivity contribution in [2.75, 3.05) is 24.3 Å². The first kappa shape index (κ1) is 22.4. The minimum atomic E-state index is -0.441. The Labute approximate surface area is 200 Å². The molecular formula is C25H24N6O4. The predicted octanol–water partition coefficient (Wildman–Crippen LogP) is 3.04. The number of carbonyl (C=O) groups excluding carboxylic acids is 1. The van der Waals surface area contributed by atoms with Crippen LogP contribution in [0.4, 0.5) is 11.5 Å². The van der Waals surface area contributed by atoms with Gasteiger partial charge >= 0.3 is 0 Å². The number of anilines is 2. The van der Waals surface area contributed by atoms with Crippen LogP contribution in [0.15, 0.2) is 66.0 Å². The number of fused-ring (bicyclic) bond motifs is 1. The molecule has 0 saturated carbocycles. The molecule has 10 heteroatoms. The van der Waals surface area contributed by atoms with Gasteiger partial charge in [-0.1, -0.05) is 6.58 Å². The summed E-state index contributed by atoms with van der Waals surface area (Å²) < 4.78 is 13.1. The summed E-state index contributed by atoms with van der Waals surface area (Å²) in [5, 5.41) is 14.0. The van der Waals surface area contributed by atoms with Crippen LogP contribution in [-0.4, -0.2) is 45.2 Å². The lowest BCUT2D eigenvalue weighted by Gasteiger charge is -2.23. The molecule has 35 heavy (non-hydrogen) atoms. The Kier molecular flexibility index (Phi) is 6.02. The summed E-state index contributed by atoms with van der Waals surface area (Å²) in [4.78, 5) is 24.1. The maximum atomic E-state index is 12.5. The van der Waals surface area contributed by atoms with Crippen molar-refractivity contribution in [3.8, 4) is 22.7 Å². The van der Waals surface area contributed by atoms with Crippen molar-refractivity contribution >= 4 is 28.3 Å². The minimum absolute atomic E-state index is 0.124. The number of nitrogens with zero attached hydrogens (tertiary/aromatic N) is 3. The van der Waals surface area contributed by atoms with Crippen molar-refractivity contribution < 1.29 is 14.3 Å². The highest BCUT2D eigenvalue weighted by Gasteiger charge is 2.21. The van der Waals surface area contributed by atoms with Crippen LogP contribution in [-0.2, 0) is 9.53 Å². The Balaban J connectivity index is 1.56. The summed E-state index contributed by atoms with van der Waals surface area (Å²) in [6.07, 6.45) is 3.03. The third kappa shape index (κ3) is 4.51. The number of hydrogen-bond acceptors (Lipinski definition) is 7. The third-order valence-corrected chi connectivity index (χ3v) is 5.80. The number of ether oxygens (including phenoxy) is 2. The highest BCUT2D eigenvalue weighted by Crippen LogP contribution is 2.34. The quantitative estimate of drug-likeness (QED) is 0.367. The van der Waals surface area contributed by atoms with Crippen LogP contribution in [0.25, 0.3) is 27.8 Å². The van der Waals surface area contributed by atoms with E-state index >= 15 is 0 Å². The first-order chi connectivity index (χ1) is 17.0. The van der Waals surface area contributed by atoms with E-state index in [4.69, 9.17) is 15.2 Å².